The van der Waals surface area contributed by atoms with Gasteiger partial charge in [-0.2, -0.15) is 16.9 Å². The lowest BCUT2D eigenvalue weighted by molar-refractivity contribution is 0.687. The standard InChI is InChI=1S/C8H12N2S2/c1-10-8(11-2)6-5-12-4-3-7(6)9-10/h3-5H2,1-2H3. The minimum Gasteiger partial charge on any atom is -0.262 e. The van der Waals surface area contributed by atoms with Crippen molar-refractivity contribution >= 4 is 23.5 Å². The average Bonchev–Trinajstić information content (AvgIpc) is 2.40. The molecule has 0 unspecified atom stereocenters. The van der Waals surface area contributed by atoms with Gasteiger partial charge in [0.1, 0.15) is 0 Å². The molecular weight excluding hydrogens is 188 g/mol. The van der Waals surface area contributed by atoms with Crippen LogP contribution >= 0.6 is 23.5 Å². The lowest BCUT2D eigenvalue weighted by Crippen LogP contribution is -2.00. The van der Waals surface area contributed by atoms with Gasteiger partial charge in [0, 0.05) is 24.8 Å². The number of aromatic nitrogens is 2. The van der Waals surface area contributed by atoms with Gasteiger partial charge in [0.05, 0.1) is 10.7 Å². The van der Waals surface area contributed by atoms with Crippen molar-refractivity contribution in [2.75, 3.05) is 12.0 Å². The van der Waals surface area contributed by atoms with E-state index in [4.69, 9.17) is 0 Å². The molecule has 2 rings (SSSR count). The maximum absolute atomic E-state index is 4.50. The first-order valence-corrected chi connectivity index (χ1v) is 6.37. The van der Waals surface area contributed by atoms with E-state index in [-0.39, 0.29) is 0 Å². The second-order valence-electron chi connectivity index (χ2n) is 2.86. The number of rotatable bonds is 1. The Balaban J connectivity index is 2.46. The molecule has 1 aliphatic rings. The molecule has 2 nitrogen and oxygen atoms in total. The van der Waals surface area contributed by atoms with Gasteiger partial charge in [-0.15, -0.1) is 11.8 Å². The van der Waals surface area contributed by atoms with Crippen LogP contribution in [0.4, 0.5) is 0 Å². The monoisotopic (exact) mass is 200 g/mol. The van der Waals surface area contributed by atoms with E-state index in [0.29, 0.717) is 0 Å². The minimum absolute atomic E-state index is 1.15. The Morgan fingerprint density at radius 1 is 1.58 bits per heavy atom. The second-order valence-corrected chi connectivity index (χ2v) is 4.76. The highest BCUT2D eigenvalue weighted by Crippen LogP contribution is 2.31. The first kappa shape index (κ1) is 8.51. The van der Waals surface area contributed by atoms with Crippen molar-refractivity contribution in [2.24, 2.45) is 7.05 Å². The molecule has 0 atom stereocenters. The fourth-order valence-electron chi connectivity index (χ4n) is 1.55. The molecule has 0 aromatic carbocycles. The summed E-state index contributed by atoms with van der Waals surface area (Å²) >= 11 is 3.82. The zero-order chi connectivity index (χ0) is 8.55. The molecule has 0 aliphatic carbocycles. The van der Waals surface area contributed by atoms with Crippen LogP contribution in [0.25, 0.3) is 0 Å². The molecule has 1 aromatic heterocycles. The molecule has 1 aromatic rings. The van der Waals surface area contributed by atoms with E-state index in [2.05, 4.69) is 11.4 Å². The molecule has 0 spiro atoms. The summed E-state index contributed by atoms with van der Waals surface area (Å²) in [6.07, 6.45) is 3.27. The van der Waals surface area contributed by atoms with Crippen molar-refractivity contribution in [3.63, 3.8) is 0 Å². The predicted octanol–water partition coefficient (Wildman–Crippen LogP) is 1.93. The highest BCUT2D eigenvalue weighted by atomic mass is 32.2. The van der Waals surface area contributed by atoms with Crippen molar-refractivity contribution in [3.8, 4) is 0 Å². The molecule has 1 aliphatic heterocycles. The maximum Gasteiger partial charge on any atom is 0.0977 e. The van der Waals surface area contributed by atoms with Gasteiger partial charge in [0.25, 0.3) is 0 Å². The molecule has 12 heavy (non-hydrogen) atoms. The molecule has 0 bridgehead atoms. The van der Waals surface area contributed by atoms with Crippen molar-refractivity contribution in [3.05, 3.63) is 11.3 Å². The van der Waals surface area contributed by atoms with Crippen LogP contribution in [-0.2, 0) is 19.2 Å². The van der Waals surface area contributed by atoms with Crippen LogP contribution in [0.3, 0.4) is 0 Å². The van der Waals surface area contributed by atoms with E-state index in [1.807, 2.05) is 23.5 Å². The normalized spacial score (nSPS) is 16.2. The summed E-state index contributed by atoms with van der Waals surface area (Å²) in [6, 6.07) is 0. The topological polar surface area (TPSA) is 17.8 Å². The number of nitrogens with zero attached hydrogens (tertiary/aromatic N) is 2. The third-order valence-electron chi connectivity index (χ3n) is 2.09. The largest absolute Gasteiger partial charge is 0.262 e. The molecule has 0 radical (unpaired) electrons. The summed E-state index contributed by atoms with van der Waals surface area (Å²) in [5.41, 5.74) is 2.79. The van der Waals surface area contributed by atoms with E-state index >= 15 is 0 Å². The Morgan fingerprint density at radius 2 is 2.42 bits per heavy atom. The van der Waals surface area contributed by atoms with Crippen molar-refractivity contribution < 1.29 is 0 Å². The molecule has 66 valence electrons. The number of fused-ring (bicyclic) bond motifs is 1. The van der Waals surface area contributed by atoms with Crippen LogP contribution in [0.2, 0.25) is 0 Å². The molecule has 0 fully saturated rings. The lowest BCUT2D eigenvalue weighted by atomic mass is 10.2. The fourth-order valence-corrected chi connectivity index (χ4v) is 3.37. The molecule has 2 heterocycles. The van der Waals surface area contributed by atoms with Gasteiger partial charge in [0.15, 0.2) is 0 Å². The number of hydrogen-bond donors (Lipinski definition) is 0. The summed E-state index contributed by atoms with van der Waals surface area (Å²) in [7, 11) is 2.04. The van der Waals surface area contributed by atoms with E-state index in [1.54, 1.807) is 11.8 Å². The Morgan fingerprint density at radius 3 is 3.17 bits per heavy atom. The number of aryl methyl sites for hydroxylation is 2. The van der Waals surface area contributed by atoms with E-state index < -0.39 is 0 Å². The minimum atomic E-state index is 1.15. The van der Waals surface area contributed by atoms with Crippen molar-refractivity contribution in [1.82, 2.24) is 9.78 Å². The molecule has 0 saturated carbocycles. The zero-order valence-corrected chi connectivity index (χ0v) is 8.97. The van der Waals surface area contributed by atoms with Crippen LogP contribution in [0.5, 0.6) is 0 Å². The van der Waals surface area contributed by atoms with Crippen LogP contribution in [0, 0.1) is 0 Å². The molecule has 0 saturated heterocycles. The van der Waals surface area contributed by atoms with Crippen LogP contribution in [0.15, 0.2) is 5.03 Å². The molecule has 0 N–H and O–H groups in total. The Hall–Kier alpha value is -0.0900. The van der Waals surface area contributed by atoms with Crippen LogP contribution in [0.1, 0.15) is 11.3 Å². The van der Waals surface area contributed by atoms with Crippen molar-refractivity contribution in [1.29, 1.82) is 0 Å². The maximum atomic E-state index is 4.50. The fraction of sp³-hybridized carbons (Fsp3) is 0.625. The number of thioether (sulfide) groups is 2. The first-order chi connectivity index (χ1) is 5.83. The van der Waals surface area contributed by atoms with Crippen LogP contribution < -0.4 is 0 Å². The highest BCUT2D eigenvalue weighted by molar-refractivity contribution is 7.99. The van der Waals surface area contributed by atoms with Gasteiger partial charge in [-0.05, 0) is 12.0 Å². The summed E-state index contributed by atoms with van der Waals surface area (Å²) in [6.45, 7) is 0. The zero-order valence-electron chi connectivity index (χ0n) is 7.33. The lowest BCUT2D eigenvalue weighted by Gasteiger charge is -2.09. The first-order valence-electron chi connectivity index (χ1n) is 3.99. The van der Waals surface area contributed by atoms with E-state index in [1.165, 1.54) is 22.0 Å². The molecule has 4 heteroatoms. The average molecular weight is 200 g/mol. The Labute approximate surface area is 81.1 Å². The summed E-state index contributed by atoms with van der Waals surface area (Å²) in [5.74, 6) is 2.39. The van der Waals surface area contributed by atoms with Gasteiger partial charge >= 0.3 is 0 Å². The van der Waals surface area contributed by atoms with Gasteiger partial charge in [-0.1, -0.05) is 0 Å². The third kappa shape index (κ3) is 1.27. The van der Waals surface area contributed by atoms with Crippen molar-refractivity contribution in [2.45, 2.75) is 17.2 Å². The summed E-state index contributed by atoms with van der Waals surface area (Å²) in [4.78, 5) is 0. The van der Waals surface area contributed by atoms with E-state index in [0.717, 1.165) is 12.2 Å². The Kier molecular flexibility index (Phi) is 2.37. The summed E-state index contributed by atoms with van der Waals surface area (Å²) < 4.78 is 2.02. The SMILES string of the molecule is CSc1c2c(nn1C)CCSC2. The summed E-state index contributed by atoms with van der Waals surface area (Å²) in [5, 5.41) is 5.85. The predicted molar refractivity (Wildman–Crippen MR) is 54.9 cm³/mol. The molecule has 0 amide bonds. The quantitative estimate of drug-likeness (QED) is 0.645. The Bertz CT molecular complexity index is 293. The van der Waals surface area contributed by atoms with Gasteiger partial charge in [-0.3, -0.25) is 4.68 Å². The highest BCUT2D eigenvalue weighted by Gasteiger charge is 2.18. The van der Waals surface area contributed by atoms with Gasteiger partial charge < -0.3 is 0 Å². The molecular formula is C8H12N2S2. The second kappa shape index (κ2) is 3.34. The number of hydrogen-bond acceptors (Lipinski definition) is 3. The smallest absolute Gasteiger partial charge is 0.0977 e. The van der Waals surface area contributed by atoms with Crippen LogP contribution in [-0.4, -0.2) is 21.8 Å². The van der Waals surface area contributed by atoms with Gasteiger partial charge in [0.2, 0.25) is 0 Å². The van der Waals surface area contributed by atoms with E-state index in [9.17, 15) is 0 Å². The van der Waals surface area contributed by atoms with Gasteiger partial charge in [-0.25, -0.2) is 0 Å². The third-order valence-corrected chi connectivity index (χ3v) is 3.98.